The van der Waals surface area contributed by atoms with Crippen LogP contribution in [0.3, 0.4) is 0 Å². The van der Waals surface area contributed by atoms with Crippen LogP contribution in [0.2, 0.25) is 0 Å². The van der Waals surface area contributed by atoms with Crippen LogP contribution in [-0.2, 0) is 11.2 Å². The summed E-state index contributed by atoms with van der Waals surface area (Å²) in [5.74, 6) is 1.56. The van der Waals surface area contributed by atoms with Gasteiger partial charge >= 0.3 is 0 Å². The first kappa shape index (κ1) is 15.1. The Labute approximate surface area is 119 Å². The maximum absolute atomic E-state index is 10.3. The van der Waals surface area contributed by atoms with Crippen LogP contribution in [0.1, 0.15) is 24.2 Å². The van der Waals surface area contributed by atoms with Crippen molar-refractivity contribution in [3.05, 3.63) is 23.3 Å². The smallest absolute Gasteiger partial charge is 0.125 e. The highest BCUT2D eigenvalue weighted by Crippen LogP contribution is 2.37. The van der Waals surface area contributed by atoms with Gasteiger partial charge in [0.1, 0.15) is 17.6 Å². The van der Waals surface area contributed by atoms with Crippen LogP contribution in [0, 0.1) is 0 Å². The van der Waals surface area contributed by atoms with Gasteiger partial charge in [-0.25, -0.2) is 0 Å². The average molecular weight is 281 g/mol. The van der Waals surface area contributed by atoms with Gasteiger partial charge in [-0.3, -0.25) is 0 Å². The first-order valence-corrected chi connectivity index (χ1v) is 6.91. The van der Waals surface area contributed by atoms with Gasteiger partial charge in [0, 0.05) is 37.7 Å². The molecule has 1 aliphatic heterocycles. The summed E-state index contributed by atoms with van der Waals surface area (Å²) in [5, 5.41) is 13.4. The van der Waals surface area contributed by atoms with Gasteiger partial charge in [-0.1, -0.05) is 0 Å². The summed E-state index contributed by atoms with van der Waals surface area (Å²) >= 11 is 0. The zero-order valence-electron chi connectivity index (χ0n) is 12.3. The molecule has 2 rings (SSSR count). The van der Waals surface area contributed by atoms with Gasteiger partial charge in [-0.05, 0) is 19.1 Å². The normalized spacial score (nSPS) is 18.5. The molecule has 1 aliphatic rings. The molecule has 1 aromatic carbocycles. The predicted octanol–water partition coefficient (Wildman–Crippen LogP) is 1.29. The molecule has 0 fully saturated rings. The van der Waals surface area contributed by atoms with Crippen molar-refractivity contribution in [3.8, 4) is 11.5 Å². The number of methoxy groups -OCH3 is 2. The van der Waals surface area contributed by atoms with E-state index in [9.17, 15) is 5.11 Å². The summed E-state index contributed by atoms with van der Waals surface area (Å²) in [6.45, 7) is 3.81. The molecule has 2 N–H and O–H groups in total. The monoisotopic (exact) mass is 281 g/mol. The van der Waals surface area contributed by atoms with Crippen molar-refractivity contribution in [3.63, 3.8) is 0 Å². The van der Waals surface area contributed by atoms with Crippen molar-refractivity contribution < 1.29 is 19.3 Å². The number of hydrogen-bond acceptors (Lipinski definition) is 5. The highest BCUT2D eigenvalue weighted by Gasteiger charge is 2.24. The van der Waals surface area contributed by atoms with Crippen LogP contribution in [0.5, 0.6) is 11.5 Å². The number of nitrogens with one attached hydrogen (secondary N) is 1. The van der Waals surface area contributed by atoms with Crippen LogP contribution >= 0.6 is 0 Å². The third kappa shape index (κ3) is 3.42. The molecule has 0 spiro atoms. The number of fused-ring (bicyclic) bond motifs is 1. The lowest BCUT2D eigenvalue weighted by Gasteiger charge is -2.17. The molecule has 0 aromatic heterocycles. The topological polar surface area (TPSA) is 60.0 Å². The molecule has 2 atom stereocenters. The Hall–Kier alpha value is -1.30. The fraction of sp³-hybridized carbons (Fsp3) is 0.600. The van der Waals surface area contributed by atoms with Crippen molar-refractivity contribution >= 4 is 0 Å². The lowest BCUT2D eigenvalue weighted by molar-refractivity contribution is 0.158. The minimum absolute atomic E-state index is 0.182. The Morgan fingerprint density at radius 2 is 2.25 bits per heavy atom. The second-order valence-corrected chi connectivity index (χ2v) is 5.05. The van der Waals surface area contributed by atoms with E-state index in [1.54, 1.807) is 14.2 Å². The Bertz CT molecular complexity index is 450. The molecule has 5 heteroatoms. The Balaban J connectivity index is 2.08. The van der Waals surface area contributed by atoms with Crippen molar-refractivity contribution in [1.82, 2.24) is 5.32 Å². The molecule has 0 bridgehead atoms. The number of ether oxygens (including phenoxy) is 3. The molecular weight excluding hydrogens is 258 g/mol. The van der Waals surface area contributed by atoms with Gasteiger partial charge in [-0.2, -0.15) is 0 Å². The average Bonchev–Trinajstić information content (AvgIpc) is 2.80. The lowest BCUT2D eigenvalue weighted by Crippen LogP contribution is -2.25. The summed E-state index contributed by atoms with van der Waals surface area (Å²) < 4.78 is 16.1. The standard InChI is InChI=1S/C15H23NO4/c1-10-6-11-7-15(19-3)12(8-14(11)20-10)13(17)9-16-4-5-18-2/h7-8,10,13,16-17H,4-6,9H2,1-3H3. The van der Waals surface area contributed by atoms with E-state index < -0.39 is 6.10 Å². The molecular formula is C15H23NO4. The van der Waals surface area contributed by atoms with E-state index >= 15 is 0 Å². The maximum Gasteiger partial charge on any atom is 0.125 e. The summed E-state index contributed by atoms with van der Waals surface area (Å²) in [4.78, 5) is 0. The summed E-state index contributed by atoms with van der Waals surface area (Å²) in [6.07, 6.45) is 0.433. The molecule has 0 aliphatic carbocycles. The minimum Gasteiger partial charge on any atom is -0.496 e. The van der Waals surface area contributed by atoms with Gasteiger partial charge in [0.25, 0.3) is 0 Å². The Morgan fingerprint density at radius 1 is 1.45 bits per heavy atom. The van der Waals surface area contributed by atoms with Crippen LogP contribution in [0.25, 0.3) is 0 Å². The zero-order valence-corrected chi connectivity index (χ0v) is 12.3. The summed E-state index contributed by atoms with van der Waals surface area (Å²) in [6, 6.07) is 3.85. The fourth-order valence-corrected chi connectivity index (χ4v) is 2.42. The second-order valence-electron chi connectivity index (χ2n) is 5.05. The van der Waals surface area contributed by atoms with Crippen molar-refractivity contribution in [2.24, 2.45) is 0 Å². The number of aliphatic hydroxyl groups excluding tert-OH is 1. The number of hydrogen-bond donors (Lipinski definition) is 2. The van der Waals surface area contributed by atoms with Crippen LogP contribution < -0.4 is 14.8 Å². The van der Waals surface area contributed by atoms with E-state index in [-0.39, 0.29) is 6.10 Å². The predicted molar refractivity (Wildman–Crippen MR) is 76.5 cm³/mol. The molecule has 2 unspecified atom stereocenters. The summed E-state index contributed by atoms with van der Waals surface area (Å²) in [7, 11) is 3.27. The summed E-state index contributed by atoms with van der Waals surface area (Å²) in [5.41, 5.74) is 1.89. The largest absolute Gasteiger partial charge is 0.496 e. The minimum atomic E-state index is -0.633. The van der Waals surface area contributed by atoms with E-state index in [2.05, 4.69) is 5.32 Å². The molecule has 0 radical (unpaired) electrons. The third-order valence-corrected chi connectivity index (χ3v) is 3.43. The molecule has 1 heterocycles. The van der Waals surface area contributed by atoms with Gasteiger partial charge in [0.05, 0.1) is 19.8 Å². The van der Waals surface area contributed by atoms with Crippen molar-refractivity contribution in [2.75, 3.05) is 33.9 Å². The molecule has 0 saturated carbocycles. The van der Waals surface area contributed by atoms with Gasteiger partial charge < -0.3 is 24.6 Å². The van der Waals surface area contributed by atoms with Crippen LogP contribution in [0.4, 0.5) is 0 Å². The third-order valence-electron chi connectivity index (χ3n) is 3.43. The van der Waals surface area contributed by atoms with Gasteiger partial charge in [-0.15, -0.1) is 0 Å². The van der Waals surface area contributed by atoms with E-state index in [1.165, 1.54) is 0 Å². The lowest BCUT2D eigenvalue weighted by atomic mass is 10.0. The van der Waals surface area contributed by atoms with Crippen molar-refractivity contribution in [2.45, 2.75) is 25.6 Å². The number of aliphatic hydroxyl groups is 1. The number of benzene rings is 1. The highest BCUT2D eigenvalue weighted by atomic mass is 16.5. The fourth-order valence-electron chi connectivity index (χ4n) is 2.42. The highest BCUT2D eigenvalue weighted by molar-refractivity contribution is 5.49. The van der Waals surface area contributed by atoms with Crippen LogP contribution in [0.15, 0.2) is 12.1 Å². The Morgan fingerprint density at radius 3 is 2.95 bits per heavy atom. The first-order chi connectivity index (χ1) is 9.65. The second kappa shape index (κ2) is 6.92. The van der Waals surface area contributed by atoms with Gasteiger partial charge in [0.2, 0.25) is 0 Å². The SMILES string of the molecule is COCCNCC(O)c1cc2c(cc1OC)CC(C)O2. The quantitative estimate of drug-likeness (QED) is 0.738. The maximum atomic E-state index is 10.3. The molecule has 112 valence electrons. The van der Waals surface area contributed by atoms with Crippen molar-refractivity contribution in [1.29, 1.82) is 0 Å². The molecule has 5 nitrogen and oxygen atoms in total. The van der Waals surface area contributed by atoms with Gasteiger partial charge in [0.15, 0.2) is 0 Å². The number of rotatable bonds is 7. The molecule has 1 aromatic rings. The van der Waals surface area contributed by atoms with E-state index in [0.29, 0.717) is 25.4 Å². The zero-order chi connectivity index (χ0) is 14.5. The van der Waals surface area contributed by atoms with E-state index in [4.69, 9.17) is 14.2 Å². The Kier molecular flexibility index (Phi) is 5.23. The van der Waals surface area contributed by atoms with E-state index in [0.717, 1.165) is 23.3 Å². The van der Waals surface area contributed by atoms with E-state index in [1.807, 2.05) is 19.1 Å². The molecule has 20 heavy (non-hydrogen) atoms. The molecule has 0 saturated heterocycles. The molecule has 0 amide bonds. The first-order valence-electron chi connectivity index (χ1n) is 6.91. The van der Waals surface area contributed by atoms with Crippen LogP contribution in [-0.4, -0.2) is 45.1 Å².